The van der Waals surface area contributed by atoms with E-state index in [1.807, 2.05) is 0 Å². The first kappa shape index (κ1) is 18.4. The zero-order valence-corrected chi connectivity index (χ0v) is 15.0. The minimum atomic E-state index is -4.53. The topological polar surface area (TPSA) is 72.1 Å². The van der Waals surface area contributed by atoms with Crippen LogP contribution in [0.4, 0.5) is 24.7 Å². The molecule has 4 rings (SSSR count). The molecule has 3 heterocycles. The van der Waals surface area contributed by atoms with E-state index in [0.29, 0.717) is 16.5 Å². The van der Waals surface area contributed by atoms with Crippen LogP contribution >= 0.6 is 11.6 Å². The van der Waals surface area contributed by atoms with Gasteiger partial charge in [-0.05, 0) is 36.4 Å². The summed E-state index contributed by atoms with van der Waals surface area (Å²) in [5.41, 5.74) is 0.459. The molecule has 28 heavy (non-hydrogen) atoms. The third-order valence-corrected chi connectivity index (χ3v) is 4.72. The Balaban J connectivity index is 1.67. The monoisotopic (exact) mass is 410 g/mol. The number of carbonyl (C=O) groups is 1. The Morgan fingerprint density at radius 2 is 2.04 bits per heavy atom. The summed E-state index contributed by atoms with van der Waals surface area (Å²) >= 11 is 5.81. The van der Waals surface area contributed by atoms with Crippen molar-refractivity contribution in [1.82, 2.24) is 9.78 Å². The molecule has 3 aromatic rings. The highest BCUT2D eigenvalue weighted by Crippen LogP contribution is 2.44. The van der Waals surface area contributed by atoms with E-state index in [-0.39, 0.29) is 17.8 Å². The predicted molar refractivity (Wildman–Crippen MR) is 96.4 cm³/mol. The van der Waals surface area contributed by atoms with Crippen LogP contribution in [0.2, 0.25) is 5.02 Å². The first-order chi connectivity index (χ1) is 13.3. The number of halogens is 4. The Hall–Kier alpha value is -2.94. The highest BCUT2D eigenvalue weighted by atomic mass is 35.5. The number of nitrogens with one attached hydrogen (secondary N) is 2. The van der Waals surface area contributed by atoms with Crippen LogP contribution in [0.3, 0.4) is 0 Å². The molecule has 0 saturated heterocycles. The van der Waals surface area contributed by atoms with Crippen molar-refractivity contribution in [3.05, 3.63) is 65.2 Å². The van der Waals surface area contributed by atoms with Crippen LogP contribution in [0.15, 0.2) is 53.3 Å². The molecule has 1 aliphatic heterocycles. The Labute approximate surface area is 162 Å². The summed E-state index contributed by atoms with van der Waals surface area (Å²) in [5.74, 6) is -0.246. The van der Waals surface area contributed by atoms with Crippen LogP contribution in [0.25, 0.3) is 0 Å². The van der Waals surface area contributed by atoms with E-state index in [0.717, 1.165) is 10.9 Å². The van der Waals surface area contributed by atoms with Gasteiger partial charge in [0.15, 0.2) is 6.04 Å². The molecule has 2 aromatic heterocycles. The normalized spacial score (nSPS) is 19.0. The number of nitrogens with zero attached hydrogens (tertiary/aromatic N) is 2. The summed E-state index contributed by atoms with van der Waals surface area (Å²) < 4.78 is 46.9. The van der Waals surface area contributed by atoms with E-state index >= 15 is 0 Å². The smallest absolute Gasteiger partial charge is 0.410 e. The molecule has 2 N–H and O–H groups in total. The largest absolute Gasteiger partial charge is 0.467 e. The fraction of sp³-hybridized carbons (Fsp3) is 0.222. The van der Waals surface area contributed by atoms with Crippen molar-refractivity contribution in [2.45, 2.75) is 24.7 Å². The summed E-state index contributed by atoms with van der Waals surface area (Å²) in [6.07, 6.45) is -2.32. The first-order valence-corrected chi connectivity index (χ1v) is 8.72. The molecule has 0 saturated carbocycles. The Morgan fingerprint density at radius 3 is 2.68 bits per heavy atom. The van der Waals surface area contributed by atoms with Crippen LogP contribution in [-0.4, -0.2) is 21.9 Å². The van der Waals surface area contributed by atoms with Crippen molar-refractivity contribution in [2.24, 2.45) is 0 Å². The number of benzene rings is 1. The van der Waals surface area contributed by atoms with Crippen molar-refractivity contribution in [2.75, 3.05) is 10.6 Å². The van der Waals surface area contributed by atoms with Gasteiger partial charge in [-0.25, -0.2) is 4.68 Å². The number of amides is 1. The SMILES string of the molecule is O=C(Nc1ccc(Cl)cc1)c1cnn2c1N[C@@H](c1ccco1)C[C@@H]2C(F)(F)F. The third kappa shape index (κ3) is 3.45. The molecule has 1 aromatic carbocycles. The number of carbonyl (C=O) groups excluding carboxylic acids is 1. The lowest BCUT2D eigenvalue weighted by atomic mass is 10.0. The first-order valence-electron chi connectivity index (χ1n) is 8.34. The average molecular weight is 411 g/mol. The van der Waals surface area contributed by atoms with E-state index in [2.05, 4.69) is 15.7 Å². The summed E-state index contributed by atoms with van der Waals surface area (Å²) in [7, 11) is 0. The molecule has 0 fully saturated rings. The molecular weight excluding hydrogens is 397 g/mol. The third-order valence-electron chi connectivity index (χ3n) is 4.47. The molecule has 146 valence electrons. The van der Waals surface area contributed by atoms with Gasteiger partial charge in [-0.15, -0.1) is 0 Å². The Kier molecular flexibility index (Phi) is 4.54. The van der Waals surface area contributed by atoms with Gasteiger partial charge in [0.05, 0.1) is 18.5 Å². The number of fused-ring (bicyclic) bond motifs is 1. The number of furan rings is 1. The second kappa shape index (κ2) is 6.90. The zero-order valence-electron chi connectivity index (χ0n) is 14.2. The molecule has 0 aliphatic carbocycles. The lowest BCUT2D eigenvalue weighted by Crippen LogP contribution is -2.36. The van der Waals surface area contributed by atoms with Crippen molar-refractivity contribution in [3.8, 4) is 0 Å². The molecule has 0 bridgehead atoms. The van der Waals surface area contributed by atoms with Gasteiger partial charge in [0, 0.05) is 17.1 Å². The van der Waals surface area contributed by atoms with Gasteiger partial charge in [-0.1, -0.05) is 11.6 Å². The van der Waals surface area contributed by atoms with Crippen molar-refractivity contribution < 1.29 is 22.4 Å². The zero-order chi connectivity index (χ0) is 19.9. The van der Waals surface area contributed by atoms with Crippen molar-refractivity contribution in [3.63, 3.8) is 0 Å². The fourth-order valence-electron chi connectivity index (χ4n) is 3.14. The van der Waals surface area contributed by atoms with E-state index in [9.17, 15) is 18.0 Å². The number of anilines is 2. The van der Waals surface area contributed by atoms with Crippen molar-refractivity contribution in [1.29, 1.82) is 0 Å². The number of rotatable bonds is 3. The molecule has 1 aliphatic rings. The van der Waals surface area contributed by atoms with E-state index in [1.54, 1.807) is 36.4 Å². The standard InChI is InChI=1S/C18H14ClF3N4O2/c19-10-3-5-11(6-4-10)24-17(27)12-9-23-26-15(18(20,21)22)8-13(25-16(12)26)14-2-1-7-28-14/h1-7,9,13,15,25H,8H2,(H,24,27)/t13-,15-/m1/s1. The summed E-state index contributed by atoms with van der Waals surface area (Å²) in [6, 6.07) is 6.93. The number of hydrogen-bond donors (Lipinski definition) is 2. The maximum Gasteiger partial charge on any atom is 0.410 e. The number of aromatic nitrogens is 2. The maximum atomic E-state index is 13.6. The number of alkyl halides is 3. The van der Waals surface area contributed by atoms with Gasteiger partial charge >= 0.3 is 6.18 Å². The number of hydrogen-bond acceptors (Lipinski definition) is 4. The minimum absolute atomic E-state index is 0.000422. The van der Waals surface area contributed by atoms with Crippen LogP contribution in [0.1, 0.15) is 34.6 Å². The molecular formula is C18H14ClF3N4O2. The summed E-state index contributed by atoms with van der Waals surface area (Å²) in [4.78, 5) is 12.6. The molecule has 6 nitrogen and oxygen atoms in total. The molecule has 10 heteroatoms. The van der Waals surface area contributed by atoms with E-state index < -0.39 is 24.2 Å². The highest BCUT2D eigenvalue weighted by molar-refractivity contribution is 6.30. The minimum Gasteiger partial charge on any atom is -0.467 e. The molecule has 0 radical (unpaired) electrons. The van der Waals surface area contributed by atoms with E-state index in [4.69, 9.17) is 16.0 Å². The highest BCUT2D eigenvalue weighted by Gasteiger charge is 2.47. The second-order valence-electron chi connectivity index (χ2n) is 6.32. The van der Waals surface area contributed by atoms with Crippen LogP contribution < -0.4 is 10.6 Å². The van der Waals surface area contributed by atoms with Gasteiger partial charge in [0.25, 0.3) is 5.91 Å². The predicted octanol–water partition coefficient (Wildman–Crippen LogP) is 5.04. The quantitative estimate of drug-likeness (QED) is 0.634. The van der Waals surface area contributed by atoms with Crippen LogP contribution in [0, 0.1) is 0 Å². The van der Waals surface area contributed by atoms with Crippen molar-refractivity contribution >= 4 is 29.0 Å². The van der Waals surface area contributed by atoms with Gasteiger partial charge in [0.2, 0.25) is 0 Å². The van der Waals surface area contributed by atoms with Gasteiger partial charge in [0.1, 0.15) is 17.1 Å². The maximum absolute atomic E-state index is 13.6. The van der Waals surface area contributed by atoms with Gasteiger partial charge < -0.3 is 15.1 Å². The van der Waals surface area contributed by atoms with Gasteiger partial charge in [-0.3, -0.25) is 4.79 Å². The molecule has 1 amide bonds. The van der Waals surface area contributed by atoms with E-state index in [1.165, 1.54) is 6.26 Å². The Morgan fingerprint density at radius 1 is 1.29 bits per heavy atom. The van der Waals surface area contributed by atoms with Crippen LogP contribution in [-0.2, 0) is 0 Å². The average Bonchev–Trinajstić information content (AvgIpc) is 3.31. The summed E-state index contributed by atoms with van der Waals surface area (Å²) in [6.45, 7) is 0. The lowest BCUT2D eigenvalue weighted by Gasteiger charge is -2.32. The lowest BCUT2D eigenvalue weighted by molar-refractivity contribution is -0.174. The summed E-state index contributed by atoms with van der Waals surface area (Å²) in [5, 5.41) is 9.90. The fourth-order valence-corrected chi connectivity index (χ4v) is 3.26. The molecule has 2 atom stereocenters. The molecule has 0 spiro atoms. The van der Waals surface area contributed by atoms with Crippen LogP contribution in [0.5, 0.6) is 0 Å². The Bertz CT molecular complexity index is 983. The van der Waals surface area contributed by atoms with Gasteiger partial charge in [-0.2, -0.15) is 18.3 Å². The molecule has 0 unspecified atom stereocenters. The second-order valence-corrected chi connectivity index (χ2v) is 6.75.